The third kappa shape index (κ3) is 4.14. The number of anilines is 1. The van der Waals surface area contributed by atoms with Crippen molar-refractivity contribution in [2.24, 2.45) is 7.05 Å². The van der Waals surface area contributed by atoms with Gasteiger partial charge in [0.15, 0.2) is 0 Å². The van der Waals surface area contributed by atoms with Gasteiger partial charge in [0.05, 0.1) is 10.6 Å². The lowest BCUT2D eigenvalue weighted by atomic mass is 9.89. The zero-order valence-corrected chi connectivity index (χ0v) is 19.1. The lowest BCUT2D eigenvalue weighted by molar-refractivity contribution is 0.600. The van der Waals surface area contributed by atoms with E-state index < -0.39 is 10.0 Å². The summed E-state index contributed by atoms with van der Waals surface area (Å²) >= 11 is 0. The van der Waals surface area contributed by atoms with Crippen molar-refractivity contribution < 1.29 is 8.42 Å². The molecular weight excluding hydrogens is 410 g/mol. The number of benzene rings is 2. The minimum atomic E-state index is -3.79. The second kappa shape index (κ2) is 7.96. The second-order valence-corrected chi connectivity index (χ2v) is 10.1. The first-order valence-corrected chi connectivity index (χ1v) is 12.0. The number of hydrogen-bond acceptors (Lipinski definition) is 4. The first-order valence-electron chi connectivity index (χ1n) is 10.5. The van der Waals surface area contributed by atoms with Crippen LogP contribution in [0, 0.1) is 20.8 Å². The molecule has 1 aliphatic carbocycles. The Bertz CT molecular complexity index is 1320. The summed E-state index contributed by atoms with van der Waals surface area (Å²) in [5, 5.41) is 4.51. The third-order valence-electron chi connectivity index (χ3n) is 5.78. The van der Waals surface area contributed by atoms with Gasteiger partial charge in [-0.1, -0.05) is 18.2 Å². The molecule has 4 rings (SSSR count). The summed E-state index contributed by atoms with van der Waals surface area (Å²) < 4.78 is 30.6. The summed E-state index contributed by atoms with van der Waals surface area (Å²) in [6.45, 7) is 5.65. The molecule has 1 aromatic heterocycles. The average molecular weight is 438 g/mol. The van der Waals surface area contributed by atoms with Gasteiger partial charge in [0, 0.05) is 23.9 Å². The summed E-state index contributed by atoms with van der Waals surface area (Å²) in [4.78, 5) is 12.7. The van der Waals surface area contributed by atoms with Crippen molar-refractivity contribution >= 4 is 15.7 Å². The van der Waals surface area contributed by atoms with Crippen molar-refractivity contribution in [1.29, 1.82) is 0 Å². The molecule has 162 valence electrons. The molecule has 7 heteroatoms. The van der Waals surface area contributed by atoms with Gasteiger partial charge in [0.1, 0.15) is 0 Å². The zero-order chi connectivity index (χ0) is 22.3. The molecule has 2 aromatic carbocycles. The number of aryl methyl sites for hydroxylation is 4. The van der Waals surface area contributed by atoms with Crippen molar-refractivity contribution in [2.45, 2.75) is 51.3 Å². The highest BCUT2D eigenvalue weighted by Gasteiger charge is 2.23. The number of fused-ring (bicyclic) bond motifs is 1. The molecular formula is C24H27N3O3S. The fraction of sp³-hybridized carbons (Fsp3) is 0.333. The molecule has 0 saturated carbocycles. The van der Waals surface area contributed by atoms with E-state index in [1.165, 1.54) is 4.68 Å². The Labute approximate surface area is 183 Å². The standard InChI is InChI=1S/C24H27N3O3S/c1-15-11-16(2)13-19(12-15)26-31(29,30)22-14-18(10-9-17(22)3)23-20-7-5-6-8-21(20)24(28)27(4)25-23/h9-14,26H,5-8H2,1-4H3. The van der Waals surface area contributed by atoms with Crippen LogP contribution < -0.4 is 10.3 Å². The summed E-state index contributed by atoms with van der Waals surface area (Å²) in [6.07, 6.45) is 3.51. The Morgan fingerprint density at radius 2 is 1.58 bits per heavy atom. The highest BCUT2D eigenvalue weighted by molar-refractivity contribution is 7.92. The van der Waals surface area contributed by atoms with Crippen LogP contribution in [-0.2, 0) is 29.9 Å². The fourth-order valence-electron chi connectivity index (χ4n) is 4.37. The number of sulfonamides is 1. The molecule has 0 radical (unpaired) electrons. The maximum absolute atomic E-state index is 13.3. The number of nitrogens with one attached hydrogen (secondary N) is 1. The lowest BCUT2D eigenvalue weighted by Gasteiger charge is -2.20. The molecule has 31 heavy (non-hydrogen) atoms. The number of rotatable bonds is 4. The average Bonchev–Trinajstić information content (AvgIpc) is 2.70. The van der Waals surface area contributed by atoms with Gasteiger partial charge in [-0.15, -0.1) is 0 Å². The predicted molar refractivity (Wildman–Crippen MR) is 123 cm³/mol. The van der Waals surface area contributed by atoms with E-state index in [-0.39, 0.29) is 10.5 Å². The zero-order valence-electron chi connectivity index (χ0n) is 18.3. The van der Waals surface area contributed by atoms with Gasteiger partial charge in [-0.05, 0) is 86.9 Å². The van der Waals surface area contributed by atoms with Crippen LogP contribution in [0.4, 0.5) is 5.69 Å². The van der Waals surface area contributed by atoms with Crippen LogP contribution in [0.15, 0.2) is 46.1 Å². The largest absolute Gasteiger partial charge is 0.280 e. The van der Waals surface area contributed by atoms with Crippen LogP contribution in [0.1, 0.15) is 40.7 Å². The Hall–Kier alpha value is -2.93. The van der Waals surface area contributed by atoms with Gasteiger partial charge in [0.25, 0.3) is 15.6 Å². The van der Waals surface area contributed by atoms with Crippen molar-refractivity contribution in [3.05, 3.63) is 74.6 Å². The molecule has 0 spiro atoms. The van der Waals surface area contributed by atoms with E-state index in [9.17, 15) is 13.2 Å². The van der Waals surface area contributed by atoms with Crippen molar-refractivity contribution in [3.63, 3.8) is 0 Å². The van der Waals surface area contributed by atoms with Gasteiger partial charge < -0.3 is 0 Å². The molecule has 1 heterocycles. The minimum absolute atomic E-state index is 0.0603. The van der Waals surface area contributed by atoms with Gasteiger partial charge in [0.2, 0.25) is 0 Å². The van der Waals surface area contributed by atoms with E-state index in [4.69, 9.17) is 0 Å². The molecule has 0 fully saturated rings. The summed E-state index contributed by atoms with van der Waals surface area (Å²) in [5.41, 5.74) is 6.27. The van der Waals surface area contributed by atoms with Gasteiger partial charge in [-0.2, -0.15) is 5.10 Å². The van der Waals surface area contributed by atoms with Crippen LogP contribution in [0.2, 0.25) is 0 Å². The molecule has 0 amide bonds. The smallest absolute Gasteiger partial charge is 0.269 e. The predicted octanol–water partition coefficient (Wildman–Crippen LogP) is 4.05. The van der Waals surface area contributed by atoms with E-state index in [1.807, 2.05) is 38.1 Å². The lowest BCUT2D eigenvalue weighted by Crippen LogP contribution is -2.28. The Balaban J connectivity index is 1.81. The van der Waals surface area contributed by atoms with Crippen LogP contribution in [-0.4, -0.2) is 18.2 Å². The number of nitrogens with zero attached hydrogens (tertiary/aromatic N) is 2. The first-order chi connectivity index (χ1) is 14.7. The molecule has 1 aliphatic rings. The highest BCUT2D eigenvalue weighted by atomic mass is 32.2. The topological polar surface area (TPSA) is 81.1 Å². The van der Waals surface area contributed by atoms with Crippen LogP contribution >= 0.6 is 0 Å². The van der Waals surface area contributed by atoms with Gasteiger partial charge >= 0.3 is 0 Å². The van der Waals surface area contributed by atoms with E-state index >= 15 is 0 Å². The molecule has 6 nitrogen and oxygen atoms in total. The fourth-order valence-corrected chi connectivity index (χ4v) is 5.68. The van der Waals surface area contributed by atoms with Crippen molar-refractivity contribution in [3.8, 4) is 11.3 Å². The number of aromatic nitrogens is 2. The van der Waals surface area contributed by atoms with E-state index in [2.05, 4.69) is 9.82 Å². The highest BCUT2D eigenvalue weighted by Crippen LogP contribution is 2.31. The monoisotopic (exact) mass is 437 g/mol. The van der Waals surface area contributed by atoms with Gasteiger partial charge in [-0.3, -0.25) is 9.52 Å². The molecule has 0 atom stereocenters. The normalized spacial score (nSPS) is 13.7. The molecule has 0 bridgehead atoms. The van der Waals surface area contributed by atoms with Crippen LogP contribution in [0.25, 0.3) is 11.3 Å². The maximum Gasteiger partial charge on any atom is 0.269 e. The summed E-state index contributed by atoms with van der Waals surface area (Å²) in [6, 6.07) is 11.0. The minimum Gasteiger partial charge on any atom is -0.280 e. The second-order valence-electron chi connectivity index (χ2n) is 8.40. The van der Waals surface area contributed by atoms with Crippen molar-refractivity contribution in [2.75, 3.05) is 4.72 Å². The first kappa shape index (κ1) is 21.3. The molecule has 0 aliphatic heterocycles. The summed E-state index contributed by atoms with van der Waals surface area (Å²) in [7, 11) is -2.15. The molecule has 0 unspecified atom stereocenters. The SMILES string of the molecule is Cc1cc(C)cc(NS(=O)(=O)c2cc(-c3nn(C)c(=O)c4c3CCCC4)ccc2C)c1. The van der Waals surface area contributed by atoms with E-state index in [1.54, 1.807) is 26.1 Å². The van der Waals surface area contributed by atoms with E-state index in [0.717, 1.165) is 47.9 Å². The number of hydrogen-bond donors (Lipinski definition) is 1. The Kier molecular flexibility index (Phi) is 5.47. The Morgan fingerprint density at radius 1 is 0.935 bits per heavy atom. The maximum atomic E-state index is 13.3. The molecule has 1 N–H and O–H groups in total. The summed E-state index contributed by atoms with van der Waals surface area (Å²) in [5.74, 6) is 0. The third-order valence-corrected chi connectivity index (χ3v) is 7.30. The van der Waals surface area contributed by atoms with Crippen LogP contribution in [0.3, 0.4) is 0 Å². The van der Waals surface area contributed by atoms with Crippen molar-refractivity contribution in [1.82, 2.24) is 9.78 Å². The van der Waals surface area contributed by atoms with E-state index in [0.29, 0.717) is 22.5 Å². The Morgan fingerprint density at radius 3 is 2.26 bits per heavy atom. The van der Waals surface area contributed by atoms with Gasteiger partial charge in [-0.25, -0.2) is 13.1 Å². The quantitative estimate of drug-likeness (QED) is 0.668. The van der Waals surface area contributed by atoms with Crippen LogP contribution in [0.5, 0.6) is 0 Å². The molecule has 0 saturated heterocycles. The molecule has 3 aromatic rings.